The molecular formula is C19H17F6N5O4. The van der Waals surface area contributed by atoms with Crippen molar-refractivity contribution in [3.8, 4) is 5.88 Å². The number of hydrogen-bond donors (Lipinski definition) is 1. The Kier molecular flexibility index (Phi) is 7.24. The van der Waals surface area contributed by atoms with E-state index in [9.17, 15) is 35.9 Å². The van der Waals surface area contributed by atoms with E-state index < -0.39 is 53.7 Å². The van der Waals surface area contributed by atoms with E-state index >= 15 is 0 Å². The highest BCUT2D eigenvalue weighted by molar-refractivity contribution is 5.93. The van der Waals surface area contributed by atoms with E-state index in [1.807, 2.05) is 0 Å². The molecule has 2 aromatic rings. The number of esters is 1. The Morgan fingerprint density at radius 2 is 1.79 bits per heavy atom. The number of carbonyl (C=O) groups is 2. The normalized spacial score (nSPS) is 17.7. The molecule has 2 N–H and O–H groups in total. The molecule has 1 unspecified atom stereocenters. The molecule has 0 spiro atoms. The van der Waals surface area contributed by atoms with Crippen molar-refractivity contribution in [2.24, 2.45) is 5.73 Å². The Bertz CT molecular complexity index is 1030. The highest BCUT2D eigenvalue weighted by Gasteiger charge is 2.42. The van der Waals surface area contributed by atoms with Gasteiger partial charge in [0.25, 0.3) is 5.91 Å². The second-order valence-corrected chi connectivity index (χ2v) is 7.21. The lowest BCUT2D eigenvalue weighted by Crippen LogP contribution is -2.44. The Balaban J connectivity index is 1.79. The number of nitrogens with two attached hydrogens (primary N) is 1. The van der Waals surface area contributed by atoms with Crippen LogP contribution in [0.4, 0.5) is 26.3 Å². The van der Waals surface area contributed by atoms with Crippen LogP contribution in [0.3, 0.4) is 0 Å². The first-order valence-electron chi connectivity index (χ1n) is 9.68. The van der Waals surface area contributed by atoms with Crippen LogP contribution in [-0.2, 0) is 15.7 Å². The van der Waals surface area contributed by atoms with Gasteiger partial charge in [-0.25, -0.2) is 19.7 Å². The van der Waals surface area contributed by atoms with Crippen molar-refractivity contribution in [3.05, 3.63) is 47.7 Å². The Hall–Kier alpha value is -3.49. The van der Waals surface area contributed by atoms with Crippen LogP contribution in [-0.4, -0.2) is 57.1 Å². The number of aromatic nitrogens is 3. The maximum atomic E-state index is 13.3. The molecule has 184 valence electrons. The molecule has 3 rings (SSSR count). The van der Waals surface area contributed by atoms with Crippen LogP contribution in [0.2, 0.25) is 0 Å². The van der Waals surface area contributed by atoms with Crippen LogP contribution >= 0.6 is 0 Å². The van der Waals surface area contributed by atoms with E-state index in [2.05, 4.69) is 19.7 Å². The zero-order chi connectivity index (χ0) is 25.1. The van der Waals surface area contributed by atoms with Crippen LogP contribution in [0.15, 0.2) is 30.9 Å². The van der Waals surface area contributed by atoms with E-state index in [4.69, 9.17) is 10.5 Å². The molecule has 2 atom stereocenters. The molecule has 0 radical (unpaired) electrons. The fourth-order valence-corrected chi connectivity index (χ4v) is 3.13. The van der Waals surface area contributed by atoms with E-state index in [0.29, 0.717) is 25.5 Å². The third-order valence-electron chi connectivity index (χ3n) is 4.67. The minimum Gasteiger partial charge on any atom is -0.472 e. The van der Waals surface area contributed by atoms with Gasteiger partial charge in [0.1, 0.15) is 18.1 Å². The second-order valence-electron chi connectivity index (χ2n) is 7.21. The van der Waals surface area contributed by atoms with Gasteiger partial charge in [-0.2, -0.15) is 26.3 Å². The average Bonchev–Trinajstić information content (AvgIpc) is 2.78. The fourth-order valence-electron chi connectivity index (χ4n) is 3.13. The number of amides is 1. The van der Waals surface area contributed by atoms with Crippen LogP contribution < -0.4 is 10.5 Å². The number of hydrogen-bond acceptors (Lipinski definition) is 8. The van der Waals surface area contributed by atoms with Crippen molar-refractivity contribution in [3.63, 3.8) is 0 Å². The summed E-state index contributed by atoms with van der Waals surface area (Å²) in [5.74, 6) is -3.68. The number of nitrogens with zero attached hydrogens (tertiary/aromatic N) is 4. The van der Waals surface area contributed by atoms with Gasteiger partial charge in [0.05, 0.1) is 12.1 Å². The van der Waals surface area contributed by atoms with E-state index in [0.717, 1.165) is 6.07 Å². The van der Waals surface area contributed by atoms with Crippen molar-refractivity contribution in [1.82, 2.24) is 19.9 Å². The summed E-state index contributed by atoms with van der Waals surface area (Å²) in [6.45, 7) is 0.350. The summed E-state index contributed by atoms with van der Waals surface area (Å²) in [6.07, 6.45) is -8.65. The number of halogens is 6. The maximum absolute atomic E-state index is 13.3. The van der Waals surface area contributed by atoms with E-state index in [1.54, 1.807) is 0 Å². The van der Waals surface area contributed by atoms with Gasteiger partial charge in [0.2, 0.25) is 5.88 Å². The first-order valence-corrected chi connectivity index (χ1v) is 9.68. The third-order valence-corrected chi connectivity index (χ3v) is 4.67. The van der Waals surface area contributed by atoms with Gasteiger partial charge in [0, 0.05) is 30.6 Å². The number of alkyl halides is 6. The molecule has 0 aromatic carbocycles. The summed E-state index contributed by atoms with van der Waals surface area (Å²) in [5, 5.41) is 0. The molecule has 15 heteroatoms. The Morgan fingerprint density at radius 1 is 1.12 bits per heavy atom. The molecule has 1 saturated heterocycles. The Labute approximate surface area is 187 Å². The molecule has 0 aliphatic carbocycles. The molecule has 34 heavy (non-hydrogen) atoms. The van der Waals surface area contributed by atoms with Gasteiger partial charge >= 0.3 is 18.3 Å². The highest BCUT2D eigenvalue weighted by atomic mass is 19.4. The number of piperidine rings is 1. The highest BCUT2D eigenvalue weighted by Crippen LogP contribution is 2.32. The van der Waals surface area contributed by atoms with E-state index in [1.165, 1.54) is 23.6 Å². The van der Waals surface area contributed by atoms with Crippen LogP contribution in [0, 0.1) is 0 Å². The van der Waals surface area contributed by atoms with Gasteiger partial charge in [-0.05, 0) is 18.9 Å². The molecule has 1 amide bonds. The lowest BCUT2D eigenvalue weighted by molar-refractivity contribution is -0.205. The standard InChI is InChI=1S/C19H17F6N5O4/c20-18(21,22)13-4-10(15(26)34-17(32)19(23,24)25)5-14(29-13)33-12-2-1-3-30(8-12)16(31)11-6-27-9-28-7-11/h4-7,9,12,15H,1-3,8,26H2/t12-,15?/m0/s1. The average molecular weight is 493 g/mol. The van der Waals surface area contributed by atoms with Gasteiger partial charge in [-0.1, -0.05) is 0 Å². The molecule has 1 aliphatic rings. The van der Waals surface area contributed by atoms with Gasteiger partial charge < -0.3 is 14.4 Å². The zero-order valence-corrected chi connectivity index (χ0v) is 17.1. The lowest BCUT2D eigenvalue weighted by atomic mass is 10.1. The number of pyridine rings is 1. The first kappa shape index (κ1) is 25.1. The fraction of sp³-hybridized carbons (Fsp3) is 0.421. The van der Waals surface area contributed by atoms with Crippen LogP contribution in [0.5, 0.6) is 5.88 Å². The SMILES string of the molecule is NC(OC(=O)C(F)(F)F)c1cc(O[C@H]2CCCN(C(=O)c3cncnc3)C2)nc(C(F)(F)F)c1. The summed E-state index contributed by atoms with van der Waals surface area (Å²) < 4.78 is 86.6. The topological polar surface area (TPSA) is 121 Å². The molecule has 3 heterocycles. The zero-order valence-electron chi connectivity index (χ0n) is 17.1. The first-order chi connectivity index (χ1) is 15.8. The van der Waals surface area contributed by atoms with E-state index in [-0.39, 0.29) is 12.1 Å². The van der Waals surface area contributed by atoms with Gasteiger partial charge in [-0.15, -0.1) is 0 Å². The van der Waals surface area contributed by atoms with Crippen molar-refractivity contribution in [2.45, 2.75) is 37.5 Å². The minimum atomic E-state index is -5.39. The van der Waals surface area contributed by atoms with Crippen LogP contribution in [0.1, 0.15) is 40.7 Å². The third kappa shape index (κ3) is 6.30. The summed E-state index contributed by atoms with van der Waals surface area (Å²) in [5.41, 5.74) is 3.46. The minimum absolute atomic E-state index is 0.00387. The summed E-state index contributed by atoms with van der Waals surface area (Å²) in [6, 6.07) is 1.20. The number of ether oxygens (including phenoxy) is 2. The lowest BCUT2D eigenvalue weighted by Gasteiger charge is -2.32. The molecule has 2 aromatic heterocycles. The molecule has 1 aliphatic heterocycles. The van der Waals surface area contributed by atoms with Gasteiger partial charge in [0.15, 0.2) is 6.23 Å². The predicted octanol–water partition coefficient (Wildman–Crippen LogP) is 2.64. The van der Waals surface area contributed by atoms with Crippen molar-refractivity contribution in [2.75, 3.05) is 13.1 Å². The van der Waals surface area contributed by atoms with Gasteiger partial charge in [-0.3, -0.25) is 10.5 Å². The Morgan fingerprint density at radius 3 is 2.41 bits per heavy atom. The van der Waals surface area contributed by atoms with Crippen molar-refractivity contribution < 1.29 is 45.4 Å². The smallest absolute Gasteiger partial charge is 0.472 e. The largest absolute Gasteiger partial charge is 0.490 e. The monoisotopic (exact) mass is 493 g/mol. The quantitative estimate of drug-likeness (QED) is 0.384. The number of rotatable bonds is 5. The van der Waals surface area contributed by atoms with Crippen molar-refractivity contribution >= 4 is 11.9 Å². The predicted molar refractivity (Wildman–Crippen MR) is 99.9 cm³/mol. The molecule has 1 fully saturated rings. The molecule has 0 saturated carbocycles. The molecular weight excluding hydrogens is 476 g/mol. The summed E-state index contributed by atoms with van der Waals surface area (Å²) >= 11 is 0. The maximum Gasteiger partial charge on any atom is 0.490 e. The molecule has 0 bridgehead atoms. The van der Waals surface area contributed by atoms with Crippen molar-refractivity contribution in [1.29, 1.82) is 0 Å². The summed E-state index contributed by atoms with van der Waals surface area (Å²) in [4.78, 5) is 35.8. The molecule has 9 nitrogen and oxygen atoms in total. The summed E-state index contributed by atoms with van der Waals surface area (Å²) in [7, 11) is 0. The van der Waals surface area contributed by atoms with Crippen LogP contribution in [0.25, 0.3) is 0 Å². The number of carbonyl (C=O) groups excluding carboxylic acids is 2. The second kappa shape index (κ2) is 9.79. The number of likely N-dealkylation sites (tertiary alicyclic amines) is 1.